The van der Waals surface area contributed by atoms with Gasteiger partial charge in [-0.15, -0.1) is 0 Å². The van der Waals surface area contributed by atoms with Crippen LogP contribution >= 0.6 is 0 Å². The minimum atomic E-state index is -3.44. The van der Waals surface area contributed by atoms with Gasteiger partial charge in [-0.1, -0.05) is 0 Å². The van der Waals surface area contributed by atoms with Crippen LogP contribution in [0, 0.1) is 10.1 Å². The van der Waals surface area contributed by atoms with Gasteiger partial charge in [0.1, 0.15) is 0 Å². The van der Waals surface area contributed by atoms with Crippen molar-refractivity contribution >= 4 is 21.6 Å². The molecule has 0 radical (unpaired) electrons. The Labute approximate surface area is 130 Å². The van der Waals surface area contributed by atoms with E-state index in [2.05, 4.69) is 4.72 Å². The van der Waals surface area contributed by atoms with E-state index in [1.165, 1.54) is 16.4 Å². The number of hydrogen-bond acceptors (Lipinski definition) is 5. The average Bonchev–Trinajstić information content (AvgIpc) is 2.46. The van der Waals surface area contributed by atoms with Gasteiger partial charge in [-0.25, -0.2) is 0 Å². The summed E-state index contributed by atoms with van der Waals surface area (Å²) in [5.41, 5.74) is 0.908. The topological polar surface area (TPSA) is 95.8 Å². The Morgan fingerprint density at radius 3 is 2.14 bits per heavy atom. The van der Waals surface area contributed by atoms with Crippen LogP contribution < -0.4 is 9.62 Å². The minimum absolute atomic E-state index is 0.0473. The summed E-state index contributed by atoms with van der Waals surface area (Å²) in [4.78, 5) is 12.2. The van der Waals surface area contributed by atoms with Crippen LogP contribution in [-0.2, 0) is 10.2 Å². The lowest BCUT2D eigenvalue weighted by atomic mass is 10.2. The van der Waals surface area contributed by atoms with Crippen molar-refractivity contribution in [2.75, 3.05) is 31.1 Å². The molecule has 0 atom stereocenters. The predicted molar refractivity (Wildman–Crippen MR) is 84.1 cm³/mol. The first-order valence-corrected chi connectivity index (χ1v) is 8.50. The fourth-order valence-electron chi connectivity index (χ4n) is 2.34. The Bertz CT molecular complexity index is 622. The van der Waals surface area contributed by atoms with Crippen LogP contribution in [0.3, 0.4) is 0 Å². The maximum Gasteiger partial charge on any atom is 0.279 e. The van der Waals surface area contributed by atoms with Crippen molar-refractivity contribution in [3.8, 4) is 0 Å². The molecule has 1 heterocycles. The smallest absolute Gasteiger partial charge is 0.279 e. The zero-order valence-electron chi connectivity index (χ0n) is 12.6. The van der Waals surface area contributed by atoms with Gasteiger partial charge in [-0.3, -0.25) is 10.1 Å². The van der Waals surface area contributed by atoms with Crippen molar-refractivity contribution < 1.29 is 13.3 Å². The van der Waals surface area contributed by atoms with Gasteiger partial charge in [-0.2, -0.15) is 17.4 Å². The minimum Gasteiger partial charge on any atom is -0.369 e. The van der Waals surface area contributed by atoms with E-state index in [-0.39, 0.29) is 11.7 Å². The zero-order valence-corrected chi connectivity index (χ0v) is 13.4. The molecule has 0 bridgehead atoms. The SMILES string of the molecule is CC(C)NS(=O)(=O)N1CCN(c2ccc([N+](=O)[O-])cc2)CC1. The number of nitrogens with one attached hydrogen (secondary N) is 1. The fraction of sp³-hybridized carbons (Fsp3) is 0.538. The number of hydrogen-bond donors (Lipinski definition) is 1. The summed E-state index contributed by atoms with van der Waals surface area (Å²) in [5, 5.41) is 10.6. The fourth-order valence-corrected chi connectivity index (χ4v) is 3.73. The molecule has 1 fully saturated rings. The molecular formula is C13H20N4O4S. The lowest BCUT2D eigenvalue weighted by molar-refractivity contribution is -0.384. The highest BCUT2D eigenvalue weighted by Gasteiger charge is 2.27. The van der Waals surface area contributed by atoms with Gasteiger partial charge in [0.05, 0.1) is 4.92 Å². The van der Waals surface area contributed by atoms with Crippen molar-refractivity contribution in [2.45, 2.75) is 19.9 Å². The largest absolute Gasteiger partial charge is 0.369 e. The number of nitro groups is 1. The summed E-state index contributed by atoms with van der Waals surface area (Å²) < 4.78 is 28.2. The van der Waals surface area contributed by atoms with Gasteiger partial charge in [0.15, 0.2) is 0 Å². The van der Waals surface area contributed by atoms with Crippen LogP contribution in [0.5, 0.6) is 0 Å². The maximum absolute atomic E-state index is 12.1. The van der Waals surface area contributed by atoms with Crippen molar-refractivity contribution in [3.05, 3.63) is 34.4 Å². The second-order valence-corrected chi connectivity index (χ2v) is 7.14. The third kappa shape index (κ3) is 3.93. The highest BCUT2D eigenvalue weighted by Crippen LogP contribution is 2.21. The Kier molecular flexibility index (Phi) is 4.99. The number of rotatable bonds is 5. The van der Waals surface area contributed by atoms with Gasteiger partial charge in [0.2, 0.25) is 0 Å². The third-order valence-electron chi connectivity index (χ3n) is 3.39. The number of nitrogens with zero attached hydrogens (tertiary/aromatic N) is 3. The van der Waals surface area contributed by atoms with Crippen LogP contribution in [0.4, 0.5) is 11.4 Å². The third-order valence-corrected chi connectivity index (χ3v) is 5.20. The number of anilines is 1. The van der Waals surface area contributed by atoms with E-state index in [9.17, 15) is 18.5 Å². The zero-order chi connectivity index (χ0) is 16.3. The average molecular weight is 328 g/mol. The molecule has 0 aromatic heterocycles. The molecule has 9 heteroatoms. The van der Waals surface area contributed by atoms with E-state index >= 15 is 0 Å². The number of piperazine rings is 1. The van der Waals surface area contributed by atoms with Crippen LogP contribution in [-0.4, -0.2) is 49.9 Å². The molecule has 122 valence electrons. The van der Waals surface area contributed by atoms with Gasteiger partial charge in [-0.05, 0) is 26.0 Å². The summed E-state index contributed by atoms with van der Waals surface area (Å²) in [6, 6.07) is 6.15. The molecule has 0 amide bonds. The van der Waals surface area contributed by atoms with Crippen LogP contribution in [0.2, 0.25) is 0 Å². The van der Waals surface area contributed by atoms with Crippen LogP contribution in [0.25, 0.3) is 0 Å². The number of non-ortho nitro benzene ring substituents is 1. The second kappa shape index (κ2) is 6.59. The first-order valence-electron chi connectivity index (χ1n) is 7.06. The Morgan fingerprint density at radius 2 is 1.68 bits per heavy atom. The molecule has 22 heavy (non-hydrogen) atoms. The van der Waals surface area contributed by atoms with Gasteiger partial charge < -0.3 is 4.90 Å². The summed E-state index contributed by atoms with van der Waals surface area (Å²) in [7, 11) is -3.44. The molecule has 1 aliphatic heterocycles. The normalized spacial score (nSPS) is 17.0. The second-order valence-electron chi connectivity index (χ2n) is 5.44. The van der Waals surface area contributed by atoms with Crippen molar-refractivity contribution in [3.63, 3.8) is 0 Å². The summed E-state index contributed by atoms with van der Waals surface area (Å²) in [6.07, 6.45) is 0. The molecule has 1 aliphatic rings. The molecule has 1 saturated heterocycles. The quantitative estimate of drug-likeness (QED) is 0.641. The molecule has 1 N–H and O–H groups in total. The summed E-state index contributed by atoms with van der Waals surface area (Å²) >= 11 is 0. The molecule has 0 aliphatic carbocycles. The van der Waals surface area contributed by atoms with Gasteiger partial charge in [0, 0.05) is 50.0 Å². The number of nitro benzene ring substituents is 1. The Morgan fingerprint density at radius 1 is 1.14 bits per heavy atom. The molecular weight excluding hydrogens is 308 g/mol. The molecule has 8 nitrogen and oxygen atoms in total. The van der Waals surface area contributed by atoms with Gasteiger partial charge >= 0.3 is 0 Å². The molecule has 1 aromatic rings. The molecule has 0 spiro atoms. The predicted octanol–water partition coefficient (Wildman–Crippen LogP) is 0.960. The summed E-state index contributed by atoms with van der Waals surface area (Å²) in [6.45, 7) is 5.45. The van der Waals surface area contributed by atoms with Gasteiger partial charge in [0.25, 0.3) is 15.9 Å². The molecule has 1 aromatic carbocycles. The van der Waals surface area contributed by atoms with E-state index in [4.69, 9.17) is 0 Å². The highest BCUT2D eigenvalue weighted by molar-refractivity contribution is 7.87. The molecule has 2 rings (SSSR count). The standard InChI is InChI=1S/C13H20N4O4S/c1-11(2)14-22(20,21)16-9-7-15(8-10-16)12-3-5-13(6-4-12)17(18)19/h3-6,11,14H,7-10H2,1-2H3. The van der Waals surface area contributed by atoms with E-state index < -0.39 is 15.1 Å². The van der Waals surface area contributed by atoms with E-state index in [0.29, 0.717) is 26.2 Å². The van der Waals surface area contributed by atoms with E-state index in [1.807, 2.05) is 4.90 Å². The Balaban J connectivity index is 1.98. The highest BCUT2D eigenvalue weighted by atomic mass is 32.2. The maximum atomic E-state index is 12.1. The monoisotopic (exact) mass is 328 g/mol. The molecule has 0 unspecified atom stereocenters. The van der Waals surface area contributed by atoms with Crippen molar-refractivity contribution in [1.82, 2.24) is 9.03 Å². The van der Waals surface area contributed by atoms with Crippen molar-refractivity contribution in [2.24, 2.45) is 0 Å². The first-order chi connectivity index (χ1) is 10.3. The van der Waals surface area contributed by atoms with Crippen LogP contribution in [0.1, 0.15) is 13.8 Å². The summed E-state index contributed by atoms with van der Waals surface area (Å²) in [5.74, 6) is 0. The van der Waals surface area contributed by atoms with E-state index in [1.54, 1.807) is 26.0 Å². The van der Waals surface area contributed by atoms with Crippen LogP contribution in [0.15, 0.2) is 24.3 Å². The number of benzene rings is 1. The molecule has 0 saturated carbocycles. The Hall–Kier alpha value is -1.71. The first kappa shape index (κ1) is 16.7. The lowest BCUT2D eigenvalue weighted by Crippen LogP contribution is -2.53. The van der Waals surface area contributed by atoms with E-state index in [0.717, 1.165) is 5.69 Å². The lowest BCUT2D eigenvalue weighted by Gasteiger charge is -2.35. The van der Waals surface area contributed by atoms with Crippen molar-refractivity contribution in [1.29, 1.82) is 0 Å².